The van der Waals surface area contributed by atoms with Gasteiger partial charge in [0.15, 0.2) is 0 Å². The summed E-state index contributed by atoms with van der Waals surface area (Å²) < 4.78 is 5.12. The van der Waals surface area contributed by atoms with Crippen LogP contribution < -0.4 is 10.1 Å². The van der Waals surface area contributed by atoms with Gasteiger partial charge in [-0.1, -0.05) is 19.1 Å². The molecule has 0 atom stereocenters. The Morgan fingerprint density at radius 3 is 2.94 bits per heavy atom. The minimum Gasteiger partial charge on any atom is -0.497 e. The predicted molar refractivity (Wildman–Crippen MR) is 66.8 cm³/mol. The van der Waals surface area contributed by atoms with E-state index in [1.54, 1.807) is 13.2 Å². The number of nitrogens with zero attached hydrogens (tertiary/aromatic N) is 1. The number of hydrogen-bond acceptors (Lipinski definition) is 3. The second-order valence-corrected chi connectivity index (χ2v) is 3.67. The van der Waals surface area contributed by atoms with E-state index in [2.05, 4.69) is 10.3 Å². The zero-order chi connectivity index (χ0) is 12.3. The Morgan fingerprint density at radius 1 is 1.47 bits per heavy atom. The highest BCUT2D eigenvalue weighted by Crippen LogP contribution is 2.17. The molecule has 1 heterocycles. The normalized spacial score (nSPS) is 16.9. The van der Waals surface area contributed by atoms with Crippen LogP contribution in [0.2, 0.25) is 0 Å². The van der Waals surface area contributed by atoms with Crippen molar-refractivity contribution in [1.82, 2.24) is 5.32 Å². The Hall–Kier alpha value is -2.10. The Kier molecular flexibility index (Phi) is 3.23. The van der Waals surface area contributed by atoms with Gasteiger partial charge in [0, 0.05) is 6.42 Å². The summed E-state index contributed by atoms with van der Waals surface area (Å²) in [6.07, 6.45) is 2.47. The van der Waals surface area contributed by atoms with E-state index in [-0.39, 0.29) is 5.91 Å². The van der Waals surface area contributed by atoms with Gasteiger partial charge >= 0.3 is 0 Å². The van der Waals surface area contributed by atoms with Crippen molar-refractivity contribution in [3.05, 3.63) is 35.5 Å². The van der Waals surface area contributed by atoms with E-state index in [1.807, 2.05) is 31.2 Å². The van der Waals surface area contributed by atoms with Crippen LogP contribution in [0, 0.1) is 0 Å². The molecule has 0 bridgehead atoms. The van der Waals surface area contributed by atoms with Crippen LogP contribution in [0.3, 0.4) is 0 Å². The Bertz CT molecular complexity index is 504. The quantitative estimate of drug-likeness (QED) is 0.807. The second kappa shape index (κ2) is 4.82. The largest absolute Gasteiger partial charge is 0.497 e. The van der Waals surface area contributed by atoms with E-state index in [4.69, 9.17) is 4.74 Å². The summed E-state index contributed by atoms with van der Waals surface area (Å²) in [5.74, 6) is 1.33. The van der Waals surface area contributed by atoms with Gasteiger partial charge in [0.25, 0.3) is 5.91 Å². The number of rotatable bonds is 3. The van der Waals surface area contributed by atoms with Crippen molar-refractivity contribution in [2.24, 2.45) is 4.99 Å². The first-order chi connectivity index (χ1) is 8.22. The maximum atomic E-state index is 11.6. The Morgan fingerprint density at radius 2 is 2.29 bits per heavy atom. The van der Waals surface area contributed by atoms with E-state index in [0.717, 1.165) is 17.7 Å². The molecule has 1 amide bonds. The van der Waals surface area contributed by atoms with Crippen molar-refractivity contribution in [2.45, 2.75) is 13.3 Å². The smallest absolute Gasteiger partial charge is 0.275 e. The van der Waals surface area contributed by atoms with Crippen molar-refractivity contribution in [3.63, 3.8) is 0 Å². The van der Waals surface area contributed by atoms with Crippen LogP contribution in [0.15, 0.2) is 35.0 Å². The summed E-state index contributed by atoms with van der Waals surface area (Å²) in [7, 11) is 1.61. The van der Waals surface area contributed by atoms with Gasteiger partial charge in [-0.05, 0) is 23.8 Å². The maximum absolute atomic E-state index is 11.6. The molecular weight excluding hydrogens is 216 g/mol. The van der Waals surface area contributed by atoms with Gasteiger partial charge in [-0.3, -0.25) is 4.79 Å². The average molecular weight is 230 g/mol. The van der Waals surface area contributed by atoms with E-state index in [1.165, 1.54) is 0 Å². The first-order valence-corrected chi connectivity index (χ1v) is 5.47. The van der Waals surface area contributed by atoms with Crippen molar-refractivity contribution < 1.29 is 9.53 Å². The molecule has 0 spiro atoms. The molecule has 0 saturated heterocycles. The number of amidine groups is 1. The molecular formula is C13H14N2O2. The number of benzene rings is 1. The molecule has 1 aromatic carbocycles. The highest BCUT2D eigenvalue weighted by atomic mass is 16.5. The average Bonchev–Trinajstić information content (AvgIpc) is 2.70. The number of amides is 1. The molecule has 1 aromatic rings. The molecule has 17 heavy (non-hydrogen) atoms. The number of aliphatic imine (C=N–C) groups is 1. The molecule has 0 fully saturated rings. The second-order valence-electron chi connectivity index (χ2n) is 3.67. The first-order valence-electron chi connectivity index (χ1n) is 5.47. The van der Waals surface area contributed by atoms with Crippen LogP contribution in [0.25, 0.3) is 6.08 Å². The SMILES string of the molecule is CCC1=N/C(=C/c2cccc(OC)c2)C(=O)N1. The number of carbonyl (C=O) groups excluding carboxylic acids is 1. The van der Waals surface area contributed by atoms with Crippen molar-refractivity contribution in [2.75, 3.05) is 7.11 Å². The Balaban J connectivity index is 2.29. The summed E-state index contributed by atoms with van der Waals surface area (Å²) in [6, 6.07) is 7.50. The van der Waals surface area contributed by atoms with E-state index in [0.29, 0.717) is 11.5 Å². The summed E-state index contributed by atoms with van der Waals surface area (Å²) in [4.78, 5) is 15.8. The van der Waals surface area contributed by atoms with Gasteiger partial charge in [0.05, 0.1) is 7.11 Å². The summed E-state index contributed by atoms with van der Waals surface area (Å²) in [5, 5.41) is 2.71. The van der Waals surface area contributed by atoms with Gasteiger partial charge in [-0.25, -0.2) is 4.99 Å². The zero-order valence-electron chi connectivity index (χ0n) is 9.86. The van der Waals surface area contributed by atoms with E-state index >= 15 is 0 Å². The molecule has 1 N–H and O–H groups in total. The highest BCUT2D eigenvalue weighted by Gasteiger charge is 2.18. The lowest BCUT2D eigenvalue weighted by Crippen LogP contribution is -2.22. The molecule has 88 valence electrons. The third kappa shape index (κ3) is 2.53. The summed E-state index contributed by atoms with van der Waals surface area (Å²) in [6.45, 7) is 1.95. The lowest BCUT2D eigenvalue weighted by Gasteiger charge is -2.00. The number of ether oxygens (including phenoxy) is 1. The fraction of sp³-hybridized carbons (Fsp3) is 0.231. The zero-order valence-corrected chi connectivity index (χ0v) is 9.86. The molecule has 0 aliphatic carbocycles. The molecule has 0 unspecified atom stereocenters. The molecule has 1 aliphatic heterocycles. The molecule has 4 heteroatoms. The van der Waals surface area contributed by atoms with Crippen LogP contribution in [-0.4, -0.2) is 18.9 Å². The minimum atomic E-state index is -0.148. The van der Waals surface area contributed by atoms with Gasteiger partial charge in [-0.2, -0.15) is 0 Å². The van der Waals surface area contributed by atoms with Gasteiger partial charge in [0.2, 0.25) is 0 Å². The fourth-order valence-corrected chi connectivity index (χ4v) is 1.57. The first kappa shape index (κ1) is 11.4. The van der Waals surface area contributed by atoms with Crippen LogP contribution in [0.5, 0.6) is 5.75 Å². The van der Waals surface area contributed by atoms with Gasteiger partial charge in [0.1, 0.15) is 17.3 Å². The van der Waals surface area contributed by atoms with Crippen LogP contribution >= 0.6 is 0 Å². The number of hydrogen-bond donors (Lipinski definition) is 1. The maximum Gasteiger partial charge on any atom is 0.275 e. The third-order valence-corrected chi connectivity index (χ3v) is 2.48. The van der Waals surface area contributed by atoms with Gasteiger partial charge < -0.3 is 10.1 Å². The number of nitrogens with one attached hydrogen (secondary N) is 1. The van der Waals surface area contributed by atoms with Crippen LogP contribution in [0.4, 0.5) is 0 Å². The Labute approximate surface area is 100 Å². The standard InChI is InChI=1S/C13H14N2O2/c1-3-12-14-11(13(16)15-12)8-9-5-4-6-10(7-9)17-2/h4-8H,3H2,1-2H3,(H,14,15,16)/b11-8+. The van der Waals surface area contributed by atoms with Crippen molar-refractivity contribution in [3.8, 4) is 5.75 Å². The van der Waals surface area contributed by atoms with Crippen molar-refractivity contribution in [1.29, 1.82) is 0 Å². The molecule has 0 saturated carbocycles. The molecule has 4 nitrogen and oxygen atoms in total. The molecule has 2 rings (SSSR count). The number of carbonyl (C=O) groups is 1. The summed E-state index contributed by atoms with van der Waals surface area (Å²) in [5.41, 5.74) is 1.34. The minimum absolute atomic E-state index is 0.148. The predicted octanol–water partition coefficient (Wildman–Crippen LogP) is 1.97. The monoisotopic (exact) mass is 230 g/mol. The highest BCUT2D eigenvalue weighted by molar-refractivity contribution is 6.14. The summed E-state index contributed by atoms with van der Waals surface area (Å²) >= 11 is 0. The topological polar surface area (TPSA) is 50.7 Å². The lowest BCUT2D eigenvalue weighted by molar-refractivity contribution is -0.115. The van der Waals surface area contributed by atoms with Crippen molar-refractivity contribution >= 4 is 17.8 Å². The van der Waals surface area contributed by atoms with Gasteiger partial charge in [-0.15, -0.1) is 0 Å². The molecule has 0 radical (unpaired) electrons. The third-order valence-electron chi connectivity index (χ3n) is 2.48. The molecule has 1 aliphatic rings. The van der Waals surface area contributed by atoms with Crippen LogP contribution in [0.1, 0.15) is 18.9 Å². The van der Waals surface area contributed by atoms with E-state index in [9.17, 15) is 4.79 Å². The van der Waals surface area contributed by atoms with Crippen LogP contribution in [-0.2, 0) is 4.79 Å². The molecule has 0 aromatic heterocycles. The van der Waals surface area contributed by atoms with E-state index < -0.39 is 0 Å². The fourth-order valence-electron chi connectivity index (χ4n) is 1.57. The lowest BCUT2D eigenvalue weighted by atomic mass is 10.2. The number of methoxy groups -OCH3 is 1.